The Bertz CT molecular complexity index is 1280. The van der Waals surface area contributed by atoms with E-state index in [4.69, 9.17) is 4.74 Å². The van der Waals surface area contributed by atoms with E-state index in [1.807, 2.05) is 24.3 Å². The Kier molecular flexibility index (Phi) is 7.34. The summed E-state index contributed by atoms with van der Waals surface area (Å²) in [6.07, 6.45) is 0. The molecule has 0 spiro atoms. The normalized spacial score (nSPS) is 13.9. The van der Waals surface area contributed by atoms with E-state index in [2.05, 4.69) is 41.9 Å². The van der Waals surface area contributed by atoms with Crippen molar-refractivity contribution >= 4 is 46.5 Å². The first-order valence-electron chi connectivity index (χ1n) is 12.2. The number of aliphatic imine (C=N–C) groups is 2. The highest BCUT2D eigenvalue weighted by Gasteiger charge is 2.15. The van der Waals surface area contributed by atoms with E-state index in [1.54, 1.807) is 36.4 Å². The Morgan fingerprint density at radius 2 is 1.11 bits per heavy atom. The fourth-order valence-electron chi connectivity index (χ4n) is 3.90. The molecule has 11 nitrogen and oxygen atoms in total. The largest absolute Gasteiger partial charge is 0.497 e. The van der Waals surface area contributed by atoms with Crippen LogP contribution in [0.3, 0.4) is 0 Å². The molecule has 3 aromatic carbocycles. The fourth-order valence-corrected chi connectivity index (χ4v) is 3.90. The molecule has 2 aliphatic heterocycles. The van der Waals surface area contributed by atoms with Gasteiger partial charge in [-0.25, -0.2) is 0 Å². The van der Waals surface area contributed by atoms with Gasteiger partial charge in [0.15, 0.2) is 11.9 Å². The average molecular weight is 513 g/mol. The molecule has 0 fully saturated rings. The second kappa shape index (κ2) is 11.3. The number of ether oxygens (including phenoxy) is 1. The summed E-state index contributed by atoms with van der Waals surface area (Å²) in [7, 11) is 1.49. The lowest BCUT2D eigenvalue weighted by Gasteiger charge is -2.12. The third kappa shape index (κ3) is 6.19. The maximum absolute atomic E-state index is 13.0. The maximum Gasteiger partial charge on any atom is 0.255 e. The molecule has 194 valence electrons. The molecule has 11 heteroatoms. The number of nitrogens with zero attached hydrogens (tertiary/aromatic N) is 2. The van der Waals surface area contributed by atoms with Crippen molar-refractivity contribution in [2.45, 2.75) is 0 Å². The van der Waals surface area contributed by atoms with Crippen molar-refractivity contribution in [2.24, 2.45) is 9.98 Å². The molecule has 2 heterocycles. The minimum absolute atomic E-state index is 0.297. The number of hydrogen-bond donors (Lipinski definition) is 6. The third-order valence-electron chi connectivity index (χ3n) is 5.83. The minimum atomic E-state index is -0.362. The summed E-state index contributed by atoms with van der Waals surface area (Å²) in [5.74, 6) is 1.14. The maximum atomic E-state index is 13.0. The van der Waals surface area contributed by atoms with Gasteiger partial charge in [0, 0.05) is 47.0 Å². The van der Waals surface area contributed by atoms with Crippen LogP contribution >= 0.6 is 0 Å². The second-order valence-electron chi connectivity index (χ2n) is 8.58. The summed E-state index contributed by atoms with van der Waals surface area (Å²) in [6.45, 7) is 3.12. The minimum Gasteiger partial charge on any atom is -0.497 e. The van der Waals surface area contributed by atoms with Crippen molar-refractivity contribution in [2.75, 3.05) is 54.6 Å². The van der Waals surface area contributed by atoms with Gasteiger partial charge in [0.2, 0.25) is 0 Å². The summed E-state index contributed by atoms with van der Waals surface area (Å²) >= 11 is 0. The Morgan fingerprint density at radius 3 is 1.47 bits per heavy atom. The number of carbonyl (C=O) groups excluding carboxylic acids is 2. The lowest BCUT2D eigenvalue weighted by atomic mass is 10.1. The van der Waals surface area contributed by atoms with Crippen LogP contribution in [0.4, 0.5) is 22.7 Å². The van der Waals surface area contributed by atoms with Crippen LogP contribution in [-0.2, 0) is 0 Å². The topological polar surface area (TPSA) is 140 Å². The van der Waals surface area contributed by atoms with Gasteiger partial charge in [-0.15, -0.1) is 0 Å². The highest BCUT2D eigenvalue weighted by molar-refractivity contribution is 6.09. The van der Waals surface area contributed by atoms with Gasteiger partial charge in [-0.3, -0.25) is 19.6 Å². The zero-order valence-corrected chi connectivity index (χ0v) is 20.8. The van der Waals surface area contributed by atoms with Crippen LogP contribution in [0, 0.1) is 0 Å². The van der Waals surface area contributed by atoms with E-state index in [0.717, 1.165) is 49.5 Å². The number of amides is 2. The first-order valence-corrected chi connectivity index (χ1v) is 12.2. The monoisotopic (exact) mass is 512 g/mol. The van der Waals surface area contributed by atoms with Crippen LogP contribution in [0.1, 0.15) is 20.7 Å². The van der Waals surface area contributed by atoms with E-state index >= 15 is 0 Å². The molecule has 0 radical (unpaired) electrons. The van der Waals surface area contributed by atoms with Crippen molar-refractivity contribution in [3.8, 4) is 5.75 Å². The number of benzene rings is 3. The lowest BCUT2D eigenvalue weighted by Crippen LogP contribution is -2.26. The van der Waals surface area contributed by atoms with E-state index in [-0.39, 0.29) is 11.8 Å². The van der Waals surface area contributed by atoms with Gasteiger partial charge < -0.3 is 36.6 Å². The van der Waals surface area contributed by atoms with Gasteiger partial charge >= 0.3 is 0 Å². The SMILES string of the molecule is COc1cc(C(=O)Nc2ccc(NC3=NCCN3)cc2)cc(C(=O)Nc2ccc(NC3=NCCN3)cc2)c1. The number of methoxy groups -OCH3 is 1. The predicted molar refractivity (Wildman–Crippen MR) is 150 cm³/mol. The number of rotatable bonds is 7. The van der Waals surface area contributed by atoms with E-state index < -0.39 is 0 Å². The molecule has 5 rings (SSSR count). The Hall–Kier alpha value is -5.06. The van der Waals surface area contributed by atoms with Crippen molar-refractivity contribution < 1.29 is 14.3 Å². The number of carbonyl (C=O) groups is 2. The Morgan fingerprint density at radius 1 is 0.684 bits per heavy atom. The van der Waals surface area contributed by atoms with Crippen LogP contribution in [-0.4, -0.2) is 57.0 Å². The van der Waals surface area contributed by atoms with Crippen molar-refractivity contribution in [1.29, 1.82) is 0 Å². The van der Waals surface area contributed by atoms with Crippen LogP contribution < -0.4 is 36.6 Å². The third-order valence-corrected chi connectivity index (χ3v) is 5.83. The number of nitrogens with one attached hydrogen (secondary N) is 6. The van der Waals surface area contributed by atoms with Crippen molar-refractivity contribution in [3.63, 3.8) is 0 Å². The zero-order chi connectivity index (χ0) is 26.3. The summed E-state index contributed by atoms with van der Waals surface area (Å²) in [5.41, 5.74) is 3.52. The molecule has 2 aliphatic rings. The second-order valence-corrected chi connectivity index (χ2v) is 8.58. The first kappa shape index (κ1) is 24.6. The smallest absolute Gasteiger partial charge is 0.255 e. The van der Waals surface area contributed by atoms with Crippen LogP contribution in [0.5, 0.6) is 5.75 Å². The molecule has 2 amide bonds. The standard InChI is InChI=1S/C27H28N8O3/c1-38-23-15-17(24(36)32-19-2-6-21(7-3-19)34-26-28-10-11-29-26)14-18(16-23)25(37)33-20-4-8-22(9-5-20)35-27-30-12-13-31-27/h2-9,14-16H,10-13H2,1H3,(H,32,36)(H,33,37)(H2,28,29,34)(H2,30,31,35). The highest BCUT2D eigenvalue weighted by Crippen LogP contribution is 2.21. The molecule has 0 saturated heterocycles. The van der Waals surface area contributed by atoms with E-state index in [0.29, 0.717) is 28.3 Å². The molecule has 0 unspecified atom stereocenters. The van der Waals surface area contributed by atoms with Crippen LogP contribution in [0.2, 0.25) is 0 Å². The van der Waals surface area contributed by atoms with Crippen LogP contribution in [0.25, 0.3) is 0 Å². The highest BCUT2D eigenvalue weighted by atomic mass is 16.5. The molecule has 6 N–H and O–H groups in total. The molecule has 0 atom stereocenters. The number of anilines is 4. The number of guanidine groups is 2. The summed E-state index contributed by atoms with van der Waals surface area (Å²) in [6, 6.07) is 19.3. The van der Waals surface area contributed by atoms with Gasteiger partial charge in [-0.2, -0.15) is 0 Å². The lowest BCUT2D eigenvalue weighted by molar-refractivity contribution is 0.102. The van der Waals surface area contributed by atoms with Gasteiger partial charge in [0.25, 0.3) is 11.8 Å². The van der Waals surface area contributed by atoms with Crippen molar-refractivity contribution in [1.82, 2.24) is 10.6 Å². The zero-order valence-electron chi connectivity index (χ0n) is 20.8. The fraction of sp³-hybridized carbons (Fsp3) is 0.185. The molecular formula is C27H28N8O3. The van der Waals surface area contributed by atoms with Crippen LogP contribution in [0.15, 0.2) is 76.7 Å². The Labute approximate surface area is 219 Å². The van der Waals surface area contributed by atoms with E-state index in [1.165, 1.54) is 13.2 Å². The molecule has 0 aliphatic carbocycles. The molecule has 3 aromatic rings. The van der Waals surface area contributed by atoms with Crippen molar-refractivity contribution in [3.05, 3.63) is 77.9 Å². The molecule has 38 heavy (non-hydrogen) atoms. The average Bonchev–Trinajstić information content (AvgIpc) is 3.65. The van der Waals surface area contributed by atoms with Gasteiger partial charge in [0.05, 0.1) is 20.2 Å². The summed E-state index contributed by atoms with van der Waals surface area (Å²) in [5, 5.41) is 18.4. The Balaban J connectivity index is 1.23. The predicted octanol–water partition coefficient (Wildman–Crippen LogP) is 2.94. The molecule has 0 saturated carbocycles. The van der Waals surface area contributed by atoms with Gasteiger partial charge in [-0.1, -0.05) is 0 Å². The molecule has 0 aromatic heterocycles. The molecule has 0 bridgehead atoms. The quantitative estimate of drug-likeness (QED) is 0.286. The number of hydrogen-bond acceptors (Lipinski definition) is 9. The molecular weight excluding hydrogens is 484 g/mol. The van der Waals surface area contributed by atoms with Gasteiger partial charge in [-0.05, 0) is 66.7 Å². The summed E-state index contributed by atoms with van der Waals surface area (Å²) in [4.78, 5) is 34.6. The first-order chi connectivity index (χ1) is 18.6. The van der Waals surface area contributed by atoms with E-state index in [9.17, 15) is 9.59 Å². The van der Waals surface area contributed by atoms with Gasteiger partial charge in [0.1, 0.15) is 5.75 Å². The summed E-state index contributed by atoms with van der Waals surface area (Å²) < 4.78 is 5.34.